The van der Waals surface area contributed by atoms with Crippen molar-refractivity contribution < 1.29 is 0 Å². The third-order valence-electron chi connectivity index (χ3n) is 1.70. The lowest BCUT2D eigenvalue weighted by Gasteiger charge is -2.18. The van der Waals surface area contributed by atoms with Crippen LogP contribution in [0.1, 0.15) is 26.5 Å². The molecule has 0 aliphatic rings. The smallest absolute Gasteiger partial charge is 0.202 e. The quantitative estimate of drug-likeness (QED) is 0.588. The first kappa shape index (κ1) is 8.60. The molecule has 3 heteroatoms. The Morgan fingerprint density at radius 1 is 1.45 bits per heavy atom. The van der Waals surface area contributed by atoms with Crippen molar-refractivity contribution in [3.8, 4) is 0 Å². The zero-order chi connectivity index (χ0) is 8.65. The highest BCUT2D eigenvalue weighted by atomic mass is 35.5. The molecule has 0 N–H and O–H groups in total. The zero-order valence-corrected chi connectivity index (χ0v) is 8.11. The number of nitrogens with zero attached hydrogens (tertiary/aromatic N) is 2. The van der Waals surface area contributed by atoms with Crippen molar-refractivity contribution in [3.05, 3.63) is 17.2 Å². The second kappa shape index (κ2) is 2.52. The van der Waals surface area contributed by atoms with Gasteiger partial charge in [0.15, 0.2) is 0 Å². The molecule has 62 valence electrons. The van der Waals surface area contributed by atoms with Crippen LogP contribution >= 0.6 is 11.6 Å². The molecule has 0 spiro atoms. The van der Waals surface area contributed by atoms with E-state index in [9.17, 15) is 0 Å². The summed E-state index contributed by atoms with van der Waals surface area (Å²) in [6, 6.07) is 0. The molecule has 0 amide bonds. The average molecular weight is 173 g/mol. The molecular formula is C8H13ClN2. The highest BCUT2D eigenvalue weighted by Gasteiger charge is 2.18. The Kier molecular flexibility index (Phi) is 1.97. The molecule has 1 heterocycles. The van der Waals surface area contributed by atoms with Gasteiger partial charge in [-0.25, -0.2) is 4.98 Å². The number of imidazole rings is 1. The summed E-state index contributed by atoms with van der Waals surface area (Å²) in [5.41, 5.74) is 1.28. The van der Waals surface area contributed by atoms with Crippen molar-refractivity contribution in [2.75, 3.05) is 0 Å². The van der Waals surface area contributed by atoms with Crippen LogP contribution in [0.5, 0.6) is 0 Å². The van der Waals surface area contributed by atoms with Crippen LogP contribution in [0.15, 0.2) is 6.20 Å². The first-order valence-corrected chi connectivity index (χ1v) is 3.98. The van der Waals surface area contributed by atoms with E-state index in [0.29, 0.717) is 5.28 Å². The molecule has 0 aromatic carbocycles. The summed E-state index contributed by atoms with van der Waals surface area (Å²) in [6.07, 6.45) is 1.82. The highest BCUT2D eigenvalue weighted by Crippen LogP contribution is 2.23. The van der Waals surface area contributed by atoms with Gasteiger partial charge < -0.3 is 4.57 Å². The largest absolute Gasteiger partial charge is 0.321 e. The number of rotatable bonds is 0. The molecule has 0 aliphatic carbocycles. The molecule has 0 atom stereocenters. The second-order valence-corrected chi connectivity index (χ2v) is 4.06. The maximum atomic E-state index is 5.79. The Labute approximate surface area is 72.2 Å². The van der Waals surface area contributed by atoms with Gasteiger partial charge >= 0.3 is 0 Å². The third kappa shape index (κ3) is 1.56. The van der Waals surface area contributed by atoms with Gasteiger partial charge in [0.05, 0.1) is 6.20 Å². The van der Waals surface area contributed by atoms with Crippen molar-refractivity contribution >= 4 is 11.6 Å². The fraction of sp³-hybridized carbons (Fsp3) is 0.625. The summed E-state index contributed by atoms with van der Waals surface area (Å²) >= 11 is 5.79. The van der Waals surface area contributed by atoms with Crippen LogP contribution in [0.4, 0.5) is 0 Å². The number of hydrogen-bond acceptors (Lipinski definition) is 1. The minimum Gasteiger partial charge on any atom is -0.321 e. The molecule has 11 heavy (non-hydrogen) atoms. The fourth-order valence-electron chi connectivity index (χ4n) is 1.08. The topological polar surface area (TPSA) is 17.8 Å². The van der Waals surface area contributed by atoms with E-state index in [0.717, 1.165) is 5.69 Å². The van der Waals surface area contributed by atoms with Gasteiger partial charge in [-0.15, -0.1) is 0 Å². The summed E-state index contributed by atoms with van der Waals surface area (Å²) in [5.74, 6) is 0. The van der Waals surface area contributed by atoms with Crippen LogP contribution in [0.3, 0.4) is 0 Å². The summed E-state index contributed by atoms with van der Waals surface area (Å²) < 4.78 is 1.90. The summed E-state index contributed by atoms with van der Waals surface area (Å²) in [6.45, 7) is 6.42. The standard InChI is InChI=1S/C8H13ClN2/c1-8(2,3)6-5-10-7(9)11(6)4/h5H,1-4H3. The SMILES string of the molecule is Cn1c(C(C)(C)C)cnc1Cl. The van der Waals surface area contributed by atoms with Gasteiger partial charge in [-0.05, 0) is 11.6 Å². The van der Waals surface area contributed by atoms with Crippen molar-refractivity contribution in [3.63, 3.8) is 0 Å². The number of hydrogen-bond donors (Lipinski definition) is 0. The Balaban J connectivity index is 3.15. The molecular weight excluding hydrogens is 160 g/mol. The molecule has 1 aromatic heterocycles. The molecule has 0 unspecified atom stereocenters. The van der Waals surface area contributed by atoms with Crippen molar-refractivity contribution in [2.24, 2.45) is 7.05 Å². The molecule has 1 aromatic rings. The van der Waals surface area contributed by atoms with Gasteiger partial charge in [-0.3, -0.25) is 0 Å². The van der Waals surface area contributed by atoms with E-state index in [4.69, 9.17) is 11.6 Å². The van der Waals surface area contributed by atoms with Crippen molar-refractivity contribution in [1.82, 2.24) is 9.55 Å². The molecule has 1 rings (SSSR count). The minimum absolute atomic E-state index is 0.120. The first-order chi connectivity index (χ1) is 4.93. The number of halogens is 1. The second-order valence-electron chi connectivity index (χ2n) is 3.72. The Morgan fingerprint density at radius 3 is 2.18 bits per heavy atom. The lowest BCUT2D eigenvalue weighted by Crippen LogP contribution is -2.15. The minimum atomic E-state index is 0.120. The van der Waals surface area contributed by atoms with E-state index in [2.05, 4.69) is 25.8 Å². The zero-order valence-electron chi connectivity index (χ0n) is 7.35. The van der Waals surface area contributed by atoms with Gasteiger partial charge in [0.25, 0.3) is 0 Å². The van der Waals surface area contributed by atoms with E-state index in [1.54, 1.807) is 0 Å². The van der Waals surface area contributed by atoms with Gasteiger partial charge in [0.2, 0.25) is 5.28 Å². The Hall–Kier alpha value is -0.500. The molecule has 2 nitrogen and oxygen atoms in total. The van der Waals surface area contributed by atoms with Crippen molar-refractivity contribution in [2.45, 2.75) is 26.2 Å². The molecule has 0 saturated heterocycles. The van der Waals surface area contributed by atoms with E-state index >= 15 is 0 Å². The van der Waals surface area contributed by atoms with Crippen LogP contribution in [-0.2, 0) is 12.5 Å². The van der Waals surface area contributed by atoms with Crippen LogP contribution in [0.25, 0.3) is 0 Å². The van der Waals surface area contributed by atoms with Gasteiger partial charge in [0.1, 0.15) is 0 Å². The first-order valence-electron chi connectivity index (χ1n) is 3.60. The van der Waals surface area contributed by atoms with Crippen LogP contribution < -0.4 is 0 Å². The Morgan fingerprint density at radius 2 is 2.00 bits per heavy atom. The average Bonchev–Trinajstić information content (AvgIpc) is 2.11. The molecule has 0 aliphatic heterocycles. The summed E-state index contributed by atoms with van der Waals surface area (Å²) in [4.78, 5) is 4.01. The summed E-state index contributed by atoms with van der Waals surface area (Å²) in [5, 5.41) is 0.551. The predicted octanol–water partition coefficient (Wildman–Crippen LogP) is 2.37. The van der Waals surface area contributed by atoms with Gasteiger partial charge in [0, 0.05) is 18.2 Å². The predicted molar refractivity (Wildman–Crippen MR) is 46.9 cm³/mol. The lowest BCUT2D eigenvalue weighted by atomic mass is 9.93. The maximum absolute atomic E-state index is 5.79. The van der Waals surface area contributed by atoms with Gasteiger partial charge in [-0.2, -0.15) is 0 Å². The lowest BCUT2D eigenvalue weighted by molar-refractivity contribution is 0.543. The maximum Gasteiger partial charge on any atom is 0.202 e. The van der Waals surface area contributed by atoms with E-state index in [1.807, 2.05) is 17.8 Å². The van der Waals surface area contributed by atoms with Crippen molar-refractivity contribution in [1.29, 1.82) is 0 Å². The normalized spacial score (nSPS) is 12.1. The monoisotopic (exact) mass is 172 g/mol. The van der Waals surface area contributed by atoms with Crippen LogP contribution in [0, 0.1) is 0 Å². The van der Waals surface area contributed by atoms with Crippen LogP contribution in [0.2, 0.25) is 5.28 Å². The molecule has 0 radical (unpaired) electrons. The molecule has 0 fully saturated rings. The highest BCUT2D eigenvalue weighted by molar-refractivity contribution is 6.28. The van der Waals surface area contributed by atoms with E-state index in [1.165, 1.54) is 0 Å². The third-order valence-corrected chi connectivity index (χ3v) is 2.05. The van der Waals surface area contributed by atoms with Crippen LogP contribution in [-0.4, -0.2) is 9.55 Å². The molecule has 0 bridgehead atoms. The molecule has 0 saturated carbocycles. The van der Waals surface area contributed by atoms with Gasteiger partial charge in [-0.1, -0.05) is 20.8 Å². The van der Waals surface area contributed by atoms with E-state index in [-0.39, 0.29) is 5.41 Å². The number of aromatic nitrogens is 2. The summed E-state index contributed by atoms with van der Waals surface area (Å²) in [7, 11) is 1.93. The van der Waals surface area contributed by atoms with E-state index < -0.39 is 0 Å². The Bertz CT molecular complexity index is 258. The fourth-order valence-corrected chi connectivity index (χ4v) is 1.22.